The van der Waals surface area contributed by atoms with Crippen LogP contribution in [0.3, 0.4) is 0 Å². The van der Waals surface area contributed by atoms with Crippen molar-refractivity contribution in [2.75, 3.05) is 0 Å². The molecule has 0 aromatic heterocycles. The largest absolute Gasteiger partial charge is 0.293 e. The van der Waals surface area contributed by atoms with Gasteiger partial charge in [0.2, 0.25) is 10.9 Å². The first-order valence-corrected chi connectivity index (χ1v) is 3.49. The molecule has 0 saturated carbocycles. The third-order valence-corrected chi connectivity index (χ3v) is 1.26. The number of carbonyl (C=O) groups is 1. The van der Waals surface area contributed by atoms with Crippen molar-refractivity contribution in [2.24, 2.45) is 0 Å². The molecular weight excluding hydrogens is 233 g/mol. The second kappa shape index (κ2) is 3.19. The number of nitrogens with one attached hydrogen (secondary N) is 1. The lowest BCUT2D eigenvalue weighted by molar-refractivity contribution is 0.267. The minimum absolute atomic E-state index is 0.589. The second-order valence-electron chi connectivity index (χ2n) is 0.643. The van der Waals surface area contributed by atoms with Gasteiger partial charge in [0.25, 0.3) is 3.91 Å². The number of rotatable bonds is 1. The minimum Gasteiger partial charge on any atom is -0.262 e. The molecule has 0 unspecified atom stereocenters. The molecule has 0 radical (unpaired) electrons. The molecule has 1 amide bonds. The fraction of sp³-hybridized carbons (Fsp3) is 0. The lowest BCUT2D eigenvalue weighted by Crippen LogP contribution is -2.11. The lowest BCUT2D eigenvalue weighted by Gasteiger charge is -1.79. The molecule has 0 heterocycles. The summed E-state index contributed by atoms with van der Waals surface area (Å²) in [6.07, 6.45) is 0. The minimum atomic E-state index is -2.75. The summed E-state index contributed by atoms with van der Waals surface area (Å²) in [5, 5.41) is 0. The predicted molar refractivity (Wildman–Crippen MR) is 32.9 cm³/mol. The Bertz CT molecular complexity index is 132. The van der Waals surface area contributed by atoms with Crippen molar-refractivity contribution in [3.63, 3.8) is 0 Å². The predicted octanol–water partition coefficient (Wildman–Crippen LogP) is -0.343. The lowest BCUT2D eigenvalue weighted by atomic mass is 11.5. The average Bonchev–Trinajstić information content (AvgIpc) is 1.27. The number of halogens is 1. The van der Waals surface area contributed by atoms with Gasteiger partial charge in [-0.05, 0) is 0 Å². The van der Waals surface area contributed by atoms with Gasteiger partial charge in [0.15, 0.2) is 0 Å². The molecule has 0 spiro atoms. The third kappa shape index (κ3) is 6.15. The molecule has 0 fully saturated rings. The van der Waals surface area contributed by atoms with Crippen LogP contribution < -0.4 is 4.72 Å². The van der Waals surface area contributed by atoms with Crippen molar-refractivity contribution in [3.05, 3.63) is 0 Å². The smallest absolute Gasteiger partial charge is 0.262 e. The maximum Gasteiger partial charge on any atom is 0.293 e. The molecule has 0 aromatic carbocycles. The monoisotopic (exact) mass is 235 g/mol. The van der Waals surface area contributed by atoms with E-state index in [1.165, 1.54) is 22.6 Å². The van der Waals surface area contributed by atoms with E-state index in [1.807, 2.05) is 0 Å². The van der Waals surface area contributed by atoms with Gasteiger partial charge in [-0.25, -0.2) is 13.1 Å². The summed E-state index contributed by atoms with van der Waals surface area (Å²) >= 11 is 1.32. The third-order valence-electron chi connectivity index (χ3n) is 0.179. The van der Waals surface area contributed by atoms with Gasteiger partial charge in [-0.15, -0.1) is 0 Å². The Morgan fingerprint density at radius 2 is 2.00 bits per heavy atom. The van der Waals surface area contributed by atoms with E-state index in [2.05, 4.69) is 0 Å². The van der Waals surface area contributed by atoms with Gasteiger partial charge in [-0.2, -0.15) is 0 Å². The highest BCUT2D eigenvalue weighted by Gasteiger charge is 1.87. The first-order valence-electron chi connectivity index (χ1n) is 1.23. The molecule has 6 heteroatoms. The molecule has 0 aromatic rings. The summed E-state index contributed by atoms with van der Waals surface area (Å²) in [6, 6.07) is 0. The zero-order valence-corrected chi connectivity index (χ0v) is 6.10. The number of amides is 1. The summed E-state index contributed by atoms with van der Waals surface area (Å²) in [5.74, 6) is 0. The maximum atomic E-state index is 9.75. The molecule has 0 rings (SSSR count). The summed E-state index contributed by atoms with van der Waals surface area (Å²) in [5.41, 5.74) is 0. The fourth-order valence-electron chi connectivity index (χ4n) is 0.0718. The van der Waals surface area contributed by atoms with Crippen molar-refractivity contribution in [1.29, 1.82) is 0 Å². The van der Waals surface area contributed by atoms with Crippen molar-refractivity contribution in [1.82, 2.24) is 4.72 Å². The first kappa shape index (κ1) is 7.15. The van der Waals surface area contributed by atoms with Crippen LogP contribution in [0.1, 0.15) is 0 Å². The van der Waals surface area contributed by atoms with Gasteiger partial charge in [0.05, 0.1) is 0 Å². The summed E-state index contributed by atoms with van der Waals surface area (Å²) in [4.78, 5) is 9.75. The molecule has 0 aliphatic rings. The van der Waals surface area contributed by atoms with E-state index in [0.717, 1.165) is 0 Å². The van der Waals surface area contributed by atoms with E-state index >= 15 is 0 Å². The quantitative estimate of drug-likeness (QED) is 0.283. The van der Waals surface area contributed by atoms with Crippen LogP contribution in [0, 0.1) is 0 Å². The Kier molecular flexibility index (Phi) is 3.26. The molecular formula is CH2INO3S. The van der Waals surface area contributed by atoms with Crippen molar-refractivity contribution in [2.45, 2.75) is 0 Å². The van der Waals surface area contributed by atoms with Crippen molar-refractivity contribution in [3.8, 4) is 0 Å². The SMILES string of the molecule is O=C(I)N[SH](=O)=O. The Morgan fingerprint density at radius 1 is 1.57 bits per heavy atom. The zero-order chi connectivity index (χ0) is 5.86. The molecule has 0 saturated heterocycles. The highest BCUT2D eigenvalue weighted by Crippen LogP contribution is 1.79. The number of hydrogen-bond acceptors (Lipinski definition) is 3. The van der Waals surface area contributed by atoms with Crippen LogP contribution in [-0.2, 0) is 10.9 Å². The van der Waals surface area contributed by atoms with Crippen LogP contribution in [0.4, 0.5) is 4.79 Å². The number of thiol groups is 1. The Hall–Kier alpha value is 0.150. The van der Waals surface area contributed by atoms with Gasteiger partial charge >= 0.3 is 0 Å². The Morgan fingerprint density at radius 3 is 2.00 bits per heavy atom. The van der Waals surface area contributed by atoms with Gasteiger partial charge in [0.1, 0.15) is 0 Å². The highest BCUT2D eigenvalue weighted by atomic mass is 127. The summed E-state index contributed by atoms with van der Waals surface area (Å²) in [6.45, 7) is 0. The zero-order valence-electron chi connectivity index (χ0n) is 3.05. The molecule has 0 bridgehead atoms. The van der Waals surface area contributed by atoms with Crippen LogP contribution in [0.5, 0.6) is 0 Å². The topological polar surface area (TPSA) is 63.2 Å². The molecule has 4 nitrogen and oxygen atoms in total. The summed E-state index contributed by atoms with van der Waals surface area (Å²) in [7, 11) is -2.75. The van der Waals surface area contributed by atoms with E-state index in [4.69, 9.17) is 0 Å². The molecule has 0 aliphatic carbocycles. The highest BCUT2D eigenvalue weighted by molar-refractivity contribution is 14.1. The van der Waals surface area contributed by atoms with Crippen LogP contribution in [0.2, 0.25) is 0 Å². The Labute approximate surface area is 55.5 Å². The van der Waals surface area contributed by atoms with Gasteiger partial charge in [-0.3, -0.25) is 4.79 Å². The van der Waals surface area contributed by atoms with E-state index in [0.29, 0.717) is 0 Å². The van der Waals surface area contributed by atoms with Gasteiger partial charge < -0.3 is 0 Å². The number of hydrogen-bond donors (Lipinski definition) is 2. The van der Waals surface area contributed by atoms with Crippen LogP contribution in [0.15, 0.2) is 0 Å². The normalized spacial score (nSPS) is 8.86. The standard InChI is InChI=1S/CH2INO3S/c2-1(4)3-7(5)6/h7H,(H,3,4,5,6). The number of carbonyl (C=O) groups excluding carboxylic acids is 1. The molecule has 42 valence electrons. The van der Waals surface area contributed by atoms with Crippen LogP contribution in [0.25, 0.3) is 0 Å². The fourth-order valence-corrected chi connectivity index (χ4v) is 0.806. The van der Waals surface area contributed by atoms with Gasteiger partial charge in [-0.1, -0.05) is 0 Å². The van der Waals surface area contributed by atoms with E-state index in [-0.39, 0.29) is 0 Å². The van der Waals surface area contributed by atoms with Crippen molar-refractivity contribution < 1.29 is 13.2 Å². The summed E-state index contributed by atoms with van der Waals surface area (Å²) < 4.78 is 20.0. The molecule has 0 atom stereocenters. The van der Waals surface area contributed by atoms with E-state index < -0.39 is 14.8 Å². The van der Waals surface area contributed by atoms with E-state index in [9.17, 15) is 13.2 Å². The van der Waals surface area contributed by atoms with E-state index in [1.54, 1.807) is 4.72 Å². The first-order chi connectivity index (χ1) is 3.13. The van der Waals surface area contributed by atoms with Crippen LogP contribution >= 0.6 is 22.6 Å². The average molecular weight is 235 g/mol. The van der Waals surface area contributed by atoms with Gasteiger partial charge in [0, 0.05) is 22.6 Å². The molecule has 1 N–H and O–H groups in total. The molecule has 7 heavy (non-hydrogen) atoms. The molecule has 0 aliphatic heterocycles. The Balaban J connectivity index is 3.53. The second-order valence-corrected chi connectivity index (χ2v) is 2.36. The maximum absolute atomic E-state index is 9.75. The van der Waals surface area contributed by atoms with Crippen LogP contribution in [-0.4, -0.2) is 12.3 Å². The van der Waals surface area contributed by atoms with Crippen molar-refractivity contribution >= 4 is 37.4 Å².